The summed E-state index contributed by atoms with van der Waals surface area (Å²) < 4.78 is 50.5. The van der Waals surface area contributed by atoms with Gasteiger partial charge in [-0.1, -0.05) is 17.7 Å². The van der Waals surface area contributed by atoms with Crippen molar-refractivity contribution in [2.45, 2.75) is 63.3 Å². The quantitative estimate of drug-likeness (QED) is 0.338. The van der Waals surface area contributed by atoms with Gasteiger partial charge >= 0.3 is 17.9 Å². The Morgan fingerprint density at radius 3 is 1.90 bits per heavy atom. The Hall–Kier alpha value is -2.54. The van der Waals surface area contributed by atoms with Gasteiger partial charge in [0.05, 0.1) is 11.5 Å². The van der Waals surface area contributed by atoms with E-state index in [1.807, 2.05) is 0 Å². The van der Waals surface area contributed by atoms with E-state index in [0.29, 0.717) is 0 Å². The molecule has 0 bridgehead atoms. The largest absolute Gasteiger partial charge is 0.456 e. The van der Waals surface area contributed by atoms with Crippen molar-refractivity contribution in [3.8, 4) is 0 Å². The molecule has 11 nitrogen and oxygen atoms in total. The average molecular weight is 460 g/mol. The standard InChI is InChI=1S/C19H24O11S/c1-10-5-7-14(8-6-10)31(24,25)26-9-15-16(27-11(2)20)17(28-12(3)21)18(19(23)30-15)29-13(4)22/h5-8,15-19,23H,9H2,1-4H3/t15-,16+,17+,18-,19-/m1/s1. The minimum absolute atomic E-state index is 0.118. The molecule has 1 heterocycles. The number of carbonyl (C=O) groups excluding carboxylic acids is 3. The molecule has 0 amide bonds. The van der Waals surface area contributed by atoms with Crippen molar-refractivity contribution in [2.75, 3.05) is 6.61 Å². The third kappa shape index (κ3) is 6.72. The van der Waals surface area contributed by atoms with Gasteiger partial charge in [0, 0.05) is 20.8 Å². The molecule has 1 saturated heterocycles. The van der Waals surface area contributed by atoms with Gasteiger partial charge in [-0.25, -0.2) is 0 Å². The number of carbonyl (C=O) groups is 3. The molecule has 1 aromatic carbocycles. The van der Waals surface area contributed by atoms with Gasteiger partial charge in [-0.05, 0) is 19.1 Å². The number of aliphatic hydroxyl groups is 1. The van der Waals surface area contributed by atoms with Crippen molar-refractivity contribution >= 4 is 28.0 Å². The van der Waals surface area contributed by atoms with E-state index in [1.54, 1.807) is 19.1 Å². The molecule has 1 aliphatic rings. The number of rotatable bonds is 7. The second-order valence-electron chi connectivity index (χ2n) is 6.84. The predicted octanol–water partition coefficient (Wildman–Crippen LogP) is 0.213. The lowest BCUT2D eigenvalue weighted by molar-refractivity contribution is -0.294. The van der Waals surface area contributed by atoms with Gasteiger partial charge in [-0.15, -0.1) is 0 Å². The van der Waals surface area contributed by atoms with Gasteiger partial charge in [-0.2, -0.15) is 8.42 Å². The van der Waals surface area contributed by atoms with Crippen LogP contribution in [0, 0.1) is 6.92 Å². The zero-order chi connectivity index (χ0) is 23.3. The number of esters is 3. The fourth-order valence-electron chi connectivity index (χ4n) is 2.94. The van der Waals surface area contributed by atoms with Crippen molar-refractivity contribution in [3.05, 3.63) is 29.8 Å². The molecule has 31 heavy (non-hydrogen) atoms. The minimum Gasteiger partial charge on any atom is -0.456 e. The normalized spacial score (nSPS) is 26.0. The SMILES string of the molecule is CC(=O)O[C@@H]1[C@@H](OC(C)=O)[C@H](O)O[C@H](COS(=O)(=O)c2ccc(C)cc2)[C@@H]1OC(C)=O. The Kier molecular flexibility index (Phi) is 8.12. The molecular formula is C19H24O11S. The van der Waals surface area contributed by atoms with Crippen LogP contribution >= 0.6 is 0 Å². The maximum absolute atomic E-state index is 12.5. The molecule has 0 radical (unpaired) electrons. The van der Waals surface area contributed by atoms with Crippen molar-refractivity contribution in [1.29, 1.82) is 0 Å². The van der Waals surface area contributed by atoms with Crippen LogP contribution in [0.4, 0.5) is 0 Å². The van der Waals surface area contributed by atoms with E-state index in [4.69, 9.17) is 23.1 Å². The van der Waals surface area contributed by atoms with Crippen molar-refractivity contribution in [1.82, 2.24) is 0 Å². The molecule has 1 aromatic rings. The van der Waals surface area contributed by atoms with Crippen LogP contribution in [0.5, 0.6) is 0 Å². The first-order valence-corrected chi connectivity index (χ1v) is 10.6. The lowest BCUT2D eigenvalue weighted by Gasteiger charge is -2.42. The molecule has 12 heteroatoms. The predicted molar refractivity (Wildman–Crippen MR) is 102 cm³/mol. The maximum Gasteiger partial charge on any atom is 0.303 e. The van der Waals surface area contributed by atoms with E-state index in [1.165, 1.54) is 12.1 Å². The van der Waals surface area contributed by atoms with Crippen LogP contribution in [0.2, 0.25) is 0 Å². The van der Waals surface area contributed by atoms with Gasteiger partial charge in [0.15, 0.2) is 24.6 Å². The second-order valence-corrected chi connectivity index (χ2v) is 8.45. The number of hydrogen-bond acceptors (Lipinski definition) is 11. The molecule has 0 unspecified atom stereocenters. The number of benzene rings is 1. The summed E-state index contributed by atoms with van der Waals surface area (Å²) in [5, 5.41) is 10.3. The minimum atomic E-state index is -4.21. The van der Waals surface area contributed by atoms with Crippen LogP contribution in [-0.2, 0) is 47.6 Å². The molecule has 0 spiro atoms. The van der Waals surface area contributed by atoms with Crippen LogP contribution in [0.25, 0.3) is 0 Å². The zero-order valence-corrected chi connectivity index (χ0v) is 18.2. The maximum atomic E-state index is 12.5. The highest BCUT2D eigenvalue weighted by atomic mass is 32.2. The number of aliphatic hydroxyl groups excluding tert-OH is 1. The molecule has 0 aromatic heterocycles. The summed E-state index contributed by atoms with van der Waals surface area (Å²) in [4.78, 5) is 34.4. The van der Waals surface area contributed by atoms with Crippen LogP contribution in [0.1, 0.15) is 26.3 Å². The Morgan fingerprint density at radius 1 is 0.903 bits per heavy atom. The molecule has 0 aliphatic carbocycles. The van der Waals surface area contributed by atoms with Crippen molar-refractivity contribution < 1.29 is 51.0 Å². The van der Waals surface area contributed by atoms with Gasteiger partial charge in [0.2, 0.25) is 0 Å². The summed E-state index contributed by atoms with van der Waals surface area (Å²) in [6.07, 6.45) is -7.59. The summed E-state index contributed by atoms with van der Waals surface area (Å²) in [6, 6.07) is 5.87. The molecule has 5 atom stereocenters. The van der Waals surface area contributed by atoms with Gasteiger partial charge in [0.1, 0.15) is 6.10 Å². The third-order valence-electron chi connectivity index (χ3n) is 4.21. The molecule has 1 N–H and O–H groups in total. The highest BCUT2D eigenvalue weighted by molar-refractivity contribution is 7.86. The first kappa shape index (κ1) is 24.7. The fraction of sp³-hybridized carbons (Fsp3) is 0.526. The lowest BCUT2D eigenvalue weighted by Crippen LogP contribution is -2.62. The fourth-order valence-corrected chi connectivity index (χ4v) is 3.85. The summed E-state index contributed by atoms with van der Waals surface area (Å²) in [5.74, 6) is -2.45. The Bertz CT molecular complexity index is 909. The molecular weight excluding hydrogens is 436 g/mol. The first-order chi connectivity index (χ1) is 14.4. The highest BCUT2D eigenvalue weighted by Crippen LogP contribution is 2.29. The summed E-state index contributed by atoms with van der Waals surface area (Å²) in [6.45, 7) is 4.28. The smallest absolute Gasteiger partial charge is 0.303 e. The van der Waals surface area contributed by atoms with Crippen molar-refractivity contribution in [3.63, 3.8) is 0 Å². The van der Waals surface area contributed by atoms with E-state index >= 15 is 0 Å². The Labute approximate surface area is 179 Å². The Balaban J connectivity index is 2.29. The van der Waals surface area contributed by atoms with Crippen molar-refractivity contribution in [2.24, 2.45) is 0 Å². The molecule has 2 rings (SSSR count). The topological polar surface area (TPSA) is 152 Å². The number of ether oxygens (including phenoxy) is 4. The average Bonchev–Trinajstić information content (AvgIpc) is 2.65. The number of aryl methyl sites for hydroxylation is 1. The van der Waals surface area contributed by atoms with Crippen LogP contribution in [0.3, 0.4) is 0 Å². The molecule has 1 aliphatic heterocycles. The van der Waals surface area contributed by atoms with E-state index in [9.17, 15) is 27.9 Å². The third-order valence-corrected chi connectivity index (χ3v) is 5.51. The number of hydrogen-bond donors (Lipinski definition) is 1. The lowest BCUT2D eigenvalue weighted by atomic mass is 9.98. The van der Waals surface area contributed by atoms with E-state index in [0.717, 1.165) is 26.3 Å². The van der Waals surface area contributed by atoms with Gasteiger partial charge < -0.3 is 24.1 Å². The summed E-state index contributed by atoms with van der Waals surface area (Å²) in [7, 11) is -4.21. The summed E-state index contributed by atoms with van der Waals surface area (Å²) in [5.41, 5.74) is 0.841. The monoisotopic (exact) mass is 460 g/mol. The second kappa shape index (κ2) is 10.2. The molecule has 0 saturated carbocycles. The van der Waals surface area contributed by atoms with E-state index in [2.05, 4.69) is 0 Å². The molecule has 172 valence electrons. The van der Waals surface area contributed by atoms with Crippen LogP contribution < -0.4 is 0 Å². The molecule has 1 fully saturated rings. The van der Waals surface area contributed by atoms with Gasteiger partial charge in [0.25, 0.3) is 10.1 Å². The highest BCUT2D eigenvalue weighted by Gasteiger charge is 2.51. The Morgan fingerprint density at radius 2 is 1.39 bits per heavy atom. The first-order valence-electron chi connectivity index (χ1n) is 9.22. The van der Waals surface area contributed by atoms with Crippen LogP contribution in [0.15, 0.2) is 29.2 Å². The van der Waals surface area contributed by atoms with Gasteiger partial charge in [-0.3, -0.25) is 18.6 Å². The van der Waals surface area contributed by atoms with E-state index in [-0.39, 0.29) is 4.90 Å². The van der Waals surface area contributed by atoms with E-state index < -0.39 is 65.3 Å². The summed E-state index contributed by atoms with van der Waals surface area (Å²) >= 11 is 0. The zero-order valence-electron chi connectivity index (χ0n) is 17.3. The van der Waals surface area contributed by atoms with Crippen LogP contribution in [-0.4, -0.2) is 68.7 Å².